The molecule has 0 bridgehead atoms. The number of likely N-dealkylation sites (tertiary alicyclic amines) is 1. The normalized spacial score (nSPS) is 16.3. The van der Waals surface area contributed by atoms with E-state index in [1.54, 1.807) is 6.92 Å². The van der Waals surface area contributed by atoms with E-state index in [9.17, 15) is 4.79 Å². The highest BCUT2D eigenvalue weighted by Crippen LogP contribution is 2.25. The summed E-state index contributed by atoms with van der Waals surface area (Å²) in [6.07, 6.45) is 1.18. The molecule has 0 amide bonds. The number of carbonyl (C=O) groups excluding carboxylic acids is 1. The highest BCUT2D eigenvalue weighted by atomic mass is 16.6. The minimum atomic E-state index is -0.737. The smallest absolute Gasteiger partial charge is 0.346 e. The summed E-state index contributed by atoms with van der Waals surface area (Å²) >= 11 is 0. The molecule has 140 valence electrons. The van der Waals surface area contributed by atoms with Gasteiger partial charge in [-0.15, -0.1) is 0 Å². The van der Waals surface area contributed by atoms with Crippen LogP contribution in [-0.2, 0) is 9.53 Å². The van der Waals surface area contributed by atoms with Gasteiger partial charge in [0.15, 0.2) is 6.10 Å². The van der Waals surface area contributed by atoms with E-state index in [1.165, 1.54) is 7.11 Å². The Bertz CT molecular complexity index is 796. The van der Waals surface area contributed by atoms with Crippen LogP contribution in [0.5, 0.6) is 11.8 Å². The Morgan fingerprint density at radius 3 is 2.77 bits per heavy atom. The van der Waals surface area contributed by atoms with Gasteiger partial charge in [-0.3, -0.25) is 5.41 Å². The predicted molar refractivity (Wildman–Crippen MR) is 96.8 cm³/mol. The maximum atomic E-state index is 11.4. The molecule has 2 N–H and O–H groups in total. The molecule has 8 nitrogen and oxygen atoms in total. The summed E-state index contributed by atoms with van der Waals surface area (Å²) in [5.41, 5.74) is 1.51. The van der Waals surface area contributed by atoms with Crippen molar-refractivity contribution in [1.82, 2.24) is 14.9 Å². The Balaban J connectivity index is 1.64. The van der Waals surface area contributed by atoms with Gasteiger partial charge in [-0.25, -0.2) is 4.79 Å². The third kappa shape index (κ3) is 4.07. The van der Waals surface area contributed by atoms with Crippen LogP contribution in [0, 0.1) is 5.41 Å². The monoisotopic (exact) mass is 360 g/mol. The molecule has 1 aromatic heterocycles. The average molecular weight is 360 g/mol. The zero-order valence-electron chi connectivity index (χ0n) is 15.2. The fourth-order valence-corrected chi connectivity index (χ4v) is 2.98. The van der Waals surface area contributed by atoms with Crippen molar-refractivity contribution in [1.29, 1.82) is 5.41 Å². The molecule has 1 saturated heterocycles. The van der Waals surface area contributed by atoms with Crippen molar-refractivity contribution in [2.75, 3.05) is 20.2 Å². The molecule has 1 aromatic carbocycles. The third-order valence-electron chi connectivity index (χ3n) is 4.47. The number of imidazole rings is 1. The van der Waals surface area contributed by atoms with E-state index in [0.717, 1.165) is 42.7 Å². The van der Waals surface area contributed by atoms with E-state index in [1.807, 2.05) is 25.1 Å². The topological polar surface area (TPSA) is 101 Å². The number of rotatable bonds is 5. The lowest BCUT2D eigenvalue weighted by atomic mass is 10.1. The van der Waals surface area contributed by atoms with Crippen molar-refractivity contribution >= 4 is 22.8 Å². The number of ether oxygens (including phenoxy) is 3. The Kier molecular flexibility index (Phi) is 5.29. The number of hydrogen-bond acceptors (Lipinski definition) is 6. The third-order valence-corrected chi connectivity index (χ3v) is 4.47. The molecule has 0 radical (unpaired) electrons. The number of aromatic amines is 1. The van der Waals surface area contributed by atoms with Crippen molar-refractivity contribution in [3.63, 3.8) is 0 Å². The molecule has 1 atom stereocenters. The molecule has 0 spiro atoms. The second kappa shape index (κ2) is 7.63. The van der Waals surface area contributed by atoms with E-state index < -0.39 is 12.1 Å². The molecule has 2 aromatic rings. The molecule has 2 heterocycles. The van der Waals surface area contributed by atoms with Gasteiger partial charge in [-0.05, 0) is 26.0 Å². The fraction of sp³-hybridized carbons (Fsp3) is 0.500. The Morgan fingerprint density at radius 1 is 1.38 bits per heavy atom. The Labute approximate surface area is 151 Å². The molecular formula is C18H24N4O4. The number of esters is 1. The summed E-state index contributed by atoms with van der Waals surface area (Å²) in [6.45, 7) is 5.11. The molecular weight excluding hydrogens is 336 g/mol. The average Bonchev–Trinajstić information content (AvgIpc) is 3.02. The Morgan fingerprint density at radius 2 is 2.12 bits per heavy atom. The van der Waals surface area contributed by atoms with Gasteiger partial charge in [0.2, 0.25) is 0 Å². The number of methoxy groups -OCH3 is 1. The standard InChI is InChI=1S/C18H24N4O4/c1-11(17(23)24-3)25-18-20-15-5-4-14(10-16(15)21-18)26-13-6-8-22(9-7-13)12(2)19/h4-5,10-11,13,19H,6-9H2,1-3H3,(H,20,21). The van der Waals surface area contributed by atoms with Crippen LogP contribution < -0.4 is 9.47 Å². The summed E-state index contributed by atoms with van der Waals surface area (Å²) in [5.74, 6) is 0.913. The number of amidine groups is 1. The number of H-pyrrole nitrogens is 1. The zero-order valence-corrected chi connectivity index (χ0v) is 15.2. The van der Waals surface area contributed by atoms with Gasteiger partial charge in [-0.2, -0.15) is 4.98 Å². The van der Waals surface area contributed by atoms with Crippen LogP contribution in [-0.4, -0.2) is 59.1 Å². The first-order valence-electron chi connectivity index (χ1n) is 8.67. The van der Waals surface area contributed by atoms with Gasteiger partial charge in [0.1, 0.15) is 11.9 Å². The number of aromatic nitrogens is 2. The molecule has 1 unspecified atom stereocenters. The first kappa shape index (κ1) is 18.0. The van der Waals surface area contributed by atoms with Gasteiger partial charge in [-0.1, -0.05) is 0 Å². The van der Waals surface area contributed by atoms with Crippen LogP contribution >= 0.6 is 0 Å². The number of carbonyl (C=O) groups is 1. The van der Waals surface area contributed by atoms with Gasteiger partial charge < -0.3 is 24.1 Å². The summed E-state index contributed by atoms with van der Waals surface area (Å²) < 4.78 is 16.2. The largest absolute Gasteiger partial charge is 0.490 e. The van der Waals surface area contributed by atoms with Crippen molar-refractivity contribution in [2.24, 2.45) is 0 Å². The second-order valence-corrected chi connectivity index (χ2v) is 6.39. The first-order valence-corrected chi connectivity index (χ1v) is 8.67. The van der Waals surface area contributed by atoms with E-state index in [4.69, 9.17) is 14.9 Å². The van der Waals surface area contributed by atoms with Gasteiger partial charge in [0.05, 0.1) is 24.0 Å². The maximum Gasteiger partial charge on any atom is 0.346 e. The molecule has 26 heavy (non-hydrogen) atoms. The predicted octanol–water partition coefficient (Wildman–Crippen LogP) is 2.34. The van der Waals surface area contributed by atoms with E-state index in [-0.39, 0.29) is 12.1 Å². The van der Waals surface area contributed by atoms with Crippen molar-refractivity contribution in [3.05, 3.63) is 18.2 Å². The first-order chi connectivity index (χ1) is 12.5. The summed E-state index contributed by atoms with van der Waals surface area (Å²) in [4.78, 5) is 20.9. The molecule has 1 aliphatic heterocycles. The number of fused-ring (bicyclic) bond motifs is 1. The van der Waals surface area contributed by atoms with Crippen LogP contribution in [0.3, 0.4) is 0 Å². The van der Waals surface area contributed by atoms with E-state index >= 15 is 0 Å². The molecule has 0 saturated carbocycles. The lowest BCUT2D eigenvalue weighted by molar-refractivity contribution is -0.148. The Hall–Kier alpha value is -2.77. The summed E-state index contributed by atoms with van der Waals surface area (Å²) in [6, 6.07) is 5.88. The van der Waals surface area contributed by atoms with Crippen LogP contribution in [0.25, 0.3) is 11.0 Å². The van der Waals surface area contributed by atoms with Crippen LogP contribution in [0.15, 0.2) is 18.2 Å². The van der Waals surface area contributed by atoms with Gasteiger partial charge >= 0.3 is 5.97 Å². The van der Waals surface area contributed by atoms with Crippen LogP contribution in [0.1, 0.15) is 26.7 Å². The minimum absolute atomic E-state index is 0.140. The van der Waals surface area contributed by atoms with Crippen molar-refractivity contribution in [2.45, 2.75) is 38.9 Å². The fourth-order valence-electron chi connectivity index (χ4n) is 2.98. The minimum Gasteiger partial charge on any atom is -0.490 e. The zero-order chi connectivity index (χ0) is 18.7. The molecule has 1 aliphatic rings. The number of benzene rings is 1. The number of piperidine rings is 1. The van der Waals surface area contributed by atoms with Crippen LogP contribution in [0.4, 0.5) is 0 Å². The van der Waals surface area contributed by atoms with Crippen LogP contribution in [0.2, 0.25) is 0 Å². The van der Waals surface area contributed by atoms with E-state index in [0.29, 0.717) is 5.84 Å². The SMILES string of the molecule is COC(=O)C(C)Oc1nc2ccc(OC3CCN(C(C)=N)CC3)cc2[nH]1. The van der Waals surface area contributed by atoms with Gasteiger partial charge in [0.25, 0.3) is 6.01 Å². The number of nitrogens with one attached hydrogen (secondary N) is 2. The van der Waals surface area contributed by atoms with Crippen molar-refractivity contribution < 1.29 is 19.0 Å². The summed E-state index contributed by atoms with van der Waals surface area (Å²) in [5, 5.41) is 7.69. The lowest BCUT2D eigenvalue weighted by Crippen LogP contribution is -2.40. The molecule has 3 rings (SSSR count). The van der Waals surface area contributed by atoms with E-state index in [2.05, 4.69) is 19.6 Å². The maximum absolute atomic E-state index is 11.4. The number of nitrogens with zero attached hydrogens (tertiary/aromatic N) is 2. The highest BCUT2D eigenvalue weighted by Gasteiger charge is 2.21. The second-order valence-electron chi connectivity index (χ2n) is 6.39. The quantitative estimate of drug-likeness (QED) is 0.482. The molecule has 8 heteroatoms. The molecule has 1 fully saturated rings. The number of hydrogen-bond donors (Lipinski definition) is 2. The molecule has 0 aliphatic carbocycles. The highest BCUT2D eigenvalue weighted by molar-refractivity contribution is 5.78. The van der Waals surface area contributed by atoms with Gasteiger partial charge in [0, 0.05) is 32.0 Å². The summed E-state index contributed by atoms with van der Waals surface area (Å²) in [7, 11) is 1.32. The lowest BCUT2D eigenvalue weighted by Gasteiger charge is -2.32. The van der Waals surface area contributed by atoms with Crippen molar-refractivity contribution in [3.8, 4) is 11.8 Å².